The summed E-state index contributed by atoms with van der Waals surface area (Å²) >= 11 is 8.26. The fraction of sp³-hybridized carbons (Fsp3) is 0.714. The van der Waals surface area contributed by atoms with E-state index in [-0.39, 0.29) is 67.7 Å². The molecule has 3 N–H and O–H groups in total. The molecule has 1 heterocycles. The van der Waals surface area contributed by atoms with Crippen LogP contribution in [-0.2, 0) is 22.2 Å². The molecule has 1 fully saturated rings. The van der Waals surface area contributed by atoms with E-state index >= 15 is 0 Å². The van der Waals surface area contributed by atoms with Crippen LogP contribution in [-0.4, -0.2) is 30.0 Å². The molecule has 0 amide bonds. The summed E-state index contributed by atoms with van der Waals surface area (Å²) in [6.07, 6.45) is 2.01. The van der Waals surface area contributed by atoms with Gasteiger partial charge in [-0.1, -0.05) is 4.32 Å². The number of methoxy groups -OCH3 is 1. The Morgan fingerprint density at radius 2 is 2.21 bits per heavy atom. The van der Waals surface area contributed by atoms with Gasteiger partial charge in [-0.2, -0.15) is 0 Å². The average Bonchev–Trinajstić information content (AvgIpc) is 2.54. The summed E-state index contributed by atoms with van der Waals surface area (Å²) in [5, 5.41) is 3.03. The Hall–Kier alpha value is 1.18. The second kappa shape index (κ2) is 10.7. The number of nitrogens with one attached hydrogen (secondary N) is 1. The molecule has 0 spiro atoms. The van der Waals surface area contributed by atoms with E-state index in [2.05, 4.69) is 40.6 Å². The van der Waals surface area contributed by atoms with Crippen molar-refractivity contribution in [2.24, 2.45) is 5.73 Å². The largest absolute Gasteiger partial charge is 1.00 e. The van der Waals surface area contributed by atoms with Crippen LogP contribution >= 0.6 is 12.2 Å². The molecular weight excluding hydrogens is 247 g/mol. The van der Waals surface area contributed by atoms with Crippen LogP contribution in [0.3, 0.4) is 0 Å². The molecule has 1 rings (SSSR count). The summed E-state index contributed by atoms with van der Waals surface area (Å²) in [6, 6.07) is -0.0324. The molecule has 0 bridgehead atoms. The van der Waals surface area contributed by atoms with Crippen molar-refractivity contribution in [1.29, 1.82) is 0 Å². The van der Waals surface area contributed by atoms with Gasteiger partial charge in [-0.05, 0) is 19.4 Å². The number of carbonyl (C=O) groups excluding carboxylic acids is 1. The molecule has 0 saturated carbocycles. The number of nitrogens with two attached hydrogens (primary N) is 1. The van der Waals surface area contributed by atoms with Gasteiger partial charge in [-0.25, -0.2) is 0 Å². The third kappa shape index (κ3) is 9.72. The minimum absolute atomic E-state index is 0. The molecule has 0 aromatic rings. The molecule has 1 aliphatic heterocycles. The van der Waals surface area contributed by atoms with Gasteiger partial charge in [0.25, 0.3) is 0 Å². The predicted octanol–water partition coefficient (Wildman–Crippen LogP) is -3.31. The van der Waals surface area contributed by atoms with E-state index in [1.54, 1.807) is 0 Å². The first-order valence-electron chi connectivity index (χ1n) is 3.85. The van der Waals surface area contributed by atoms with Crippen molar-refractivity contribution in [1.82, 2.24) is 5.32 Å². The van der Waals surface area contributed by atoms with Gasteiger partial charge in [0.1, 0.15) is 6.04 Å². The molecule has 7 heteroatoms. The smallest absolute Gasteiger partial charge is 0.468 e. The summed E-state index contributed by atoms with van der Waals surface area (Å²) < 4.78 is 4.62. The summed E-state index contributed by atoms with van der Waals surface area (Å²) in [7, 11) is 1.42. The number of rotatable bonds is 1. The average molecular weight is 260 g/mol. The van der Waals surface area contributed by atoms with Crippen LogP contribution in [0.5, 0.6) is 0 Å². The molecular formula is C7H13KN2O2S2. The monoisotopic (exact) mass is 260 g/mol. The second-order valence-corrected chi connectivity index (χ2v) is 3.63. The maximum Gasteiger partial charge on any atom is 1.00 e. The Kier molecular flexibility index (Phi) is 13.4. The van der Waals surface area contributed by atoms with Crippen molar-refractivity contribution in [2.45, 2.75) is 18.9 Å². The van der Waals surface area contributed by atoms with Gasteiger partial charge < -0.3 is 40.6 Å². The van der Waals surface area contributed by atoms with Crippen LogP contribution < -0.4 is 62.4 Å². The molecule has 0 aliphatic carbocycles. The molecule has 4 nitrogen and oxygen atoms in total. The summed E-state index contributed by atoms with van der Waals surface area (Å²) in [4.78, 5) is 10.7. The Morgan fingerprint density at radius 1 is 1.71 bits per heavy atom. The zero-order valence-electron chi connectivity index (χ0n) is 8.41. The van der Waals surface area contributed by atoms with E-state index in [1.165, 1.54) is 7.11 Å². The van der Waals surface area contributed by atoms with Gasteiger partial charge in [0.05, 0.1) is 7.11 Å². The summed E-state index contributed by atoms with van der Waals surface area (Å²) in [5.41, 5.74) is 4.66. The number of esters is 1. The summed E-state index contributed by atoms with van der Waals surface area (Å²) in [6.45, 7) is 0.944. The van der Waals surface area contributed by atoms with Crippen molar-refractivity contribution in [3.63, 3.8) is 0 Å². The molecule has 0 aromatic carbocycles. The fourth-order valence-electron chi connectivity index (χ4n) is 1.03. The second-order valence-electron chi connectivity index (χ2n) is 2.49. The number of hydrogen-bond donors (Lipinski definition) is 2. The molecule has 1 aliphatic rings. The van der Waals surface area contributed by atoms with E-state index in [0.29, 0.717) is 0 Å². The minimum atomic E-state index is -0.132. The van der Waals surface area contributed by atoms with Crippen molar-refractivity contribution in [3.05, 3.63) is 0 Å². The van der Waals surface area contributed by atoms with Gasteiger partial charge in [0, 0.05) is 0 Å². The standard InChI is InChI=1S/C6H11NO2.CH3NS2.K/c1-9-6(8)5-3-2-4-7-5;2-1(3)4;/h5,7H,2-4H2,1H3;(H3,2,3,4);/q;;+1/p-1/t5-;;/m0../s1. The van der Waals surface area contributed by atoms with Crippen molar-refractivity contribution in [3.8, 4) is 0 Å². The first kappa shape index (κ1) is 17.6. The Labute approximate surface area is 138 Å². The Morgan fingerprint density at radius 3 is 2.50 bits per heavy atom. The van der Waals surface area contributed by atoms with Gasteiger partial charge in [0.15, 0.2) is 0 Å². The van der Waals surface area contributed by atoms with E-state index < -0.39 is 0 Å². The minimum Gasteiger partial charge on any atom is -0.468 e. The zero-order valence-corrected chi connectivity index (χ0v) is 13.2. The molecule has 1 atom stereocenters. The third-order valence-corrected chi connectivity index (χ3v) is 1.55. The van der Waals surface area contributed by atoms with Crippen LogP contribution in [0.25, 0.3) is 0 Å². The van der Waals surface area contributed by atoms with Gasteiger partial charge in [-0.3, -0.25) is 4.79 Å². The van der Waals surface area contributed by atoms with Gasteiger partial charge >= 0.3 is 57.4 Å². The Bertz CT molecular complexity index is 183. The maximum absolute atomic E-state index is 10.7. The van der Waals surface area contributed by atoms with E-state index in [0.717, 1.165) is 19.4 Å². The predicted molar refractivity (Wildman–Crippen MR) is 57.2 cm³/mol. The van der Waals surface area contributed by atoms with Gasteiger partial charge in [0.2, 0.25) is 0 Å². The molecule has 0 radical (unpaired) electrons. The van der Waals surface area contributed by atoms with Crippen LogP contribution in [0, 0.1) is 0 Å². The topological polar surface area (TPSA) is 64.3 Å². The molecule has 0 aromatic heterocycles. The zero-order chi connectivity index (χ0) is 10.3. The van der Waals surface area contributed by atoms with E-state index in [4.69, 9.17) is 0 Å². The van der Waals surface area contributed by atoms with Crippen LogP contribution in [0.2, 0.25) is 0 Å². The van der Waals surface area contributed by atoms with Crippen LogP contribution in [0.4, 0.5) is 0 Å². The van der Waals surface area contributed by atoms with E-state index in [9.17, 15) is 4.79 Å². The molecule has 0 unspecified atom stereocenters. The molecule has 1 saturated heterocycles. The normalized spacial score (nSPS) is 18.5. The van der Waals surface area contributed by atoms with Crippen molar-refractivity contribution in [2.75, 3.05) is 13.7 Å². The third-order valence-electron chi connectivity index (χ3n) is 1.55. The number of carbonyl (C=O) groups is 1. The first-order chi connectivity index (χ1) is 6.07. The summed E-state index contributed by atoms with van der Waals surface area (Å²) in [5.74, 6) is -0.132. The SMILES string of the molecule is COC(=O)[C@@H]1CCCN1.NC(=S)[S-].[K+]. The molecule has 76 valence electrons. The van der Waals surface area contributed by atoms with E-state index in [1.807, 2.05) is 0 Å². The number of ether oxygens (including phenoxy) is 1. The molecule has 14 heavy (non-hydrogen) atoms. The maximum atomic E-state index is 10.7. The van der Waals surface area contributed by atoms with Crippen molar-refractivity contribution < 1.29 is 60.9 Å². The van der Waals surface area contributed by atoms with Gasteiger partial charge in [-0.15, -0.1) is 0 Å². The Balaban J connectivity index is 0. The fourth-order valence-corrected chi connectivity index (χ4v) is 1.03. The number of thiocarbonyl (C=S) groups is 1. The van der Waals surface area contributed by atoms with Crippen LogP contribution in [0.1, 0.15) is 12.8 Å². The van der Waals surface area contributed by atoms with Crippen LogP contribution in [0.15, 0.2) is 0 Å². The first-order valence-corrected chi connectivity index (χ1v) is 4.67. The quantitative estimate of drug-likeness (QED) is 0.223. The number of hydrogen-bond acceptors (Lipinski definition) is 5. The van der Waals surface area contributed by atoms with Crippen molar-refractivity contribution >= 4 is 35.1 Å².